The second kappa shape index (κ2) is 6.29. The van der Waals surface area contributed by atoms with Crippen molar-refractivity contribution in [2.45, 2.75) is 0 Å². The molecule has 0 aliphatic rings. The third kappa shape index (κ3) is 2.98. The van der Waals surface area contributed by atoms with E-state index in [-0.39, 0.29) is 22.8 Å². The number of benzene rings is 3. The fourth-order valence-electron chi connectivity index (χ4n) is 2.35. The van der Waals surface area contributed by atoms with Crippen LogP contribution in [0.4, 0.5) is 0 Å². The lowest BCUT2D eigenvalue weighted by Gasteiger charge is -2.05. The Bertz CT molecular complexity index is 951. The molecule has 0 unspecified atom stereocenters. The van der Waals surface area contributed by atoms with Crippen molar-refractivity contribution >= 4 is 22.9 Å². The Morgan fingerprint density at radius 3 is 2.54 bits per heavy atom. The number of amides is 1. The number of phenolic OH excluding ortho intramolecular Hbond substituents is 3. The van der Waals surface area contributed by atoms with E-state index in [0.717, 1.165) is 16.8 Å². The molecule has 0 aromatic heterocycles. The van der Waals surface area contributed by atoms with Crippen molar-refractivity contribution in [2.24, 2.45) is 5.10 Å². The lowest BCUT2D eigenvalue weighted by Crippen LogP contribution is -2.17. The first-order valence-corrected chi connectivity index (χ1v) is 7.12. The van der Waals surface area contributed by atoms with Crippen LogP contribution in [0.5, 0.6) is 17.2 Å². The van der Waals surface area contributed by atoms with E-state index in [1.807, 2.05) is 24.3 Å². The molecule has 0 aliphatic heterocycles. The van der Waals surface area contributed by atoms with Crippen LogP contribution < -0.4 is 5.43 Å². The number of carbonyl (C=O) groups is 1. The number of rotatable bonds is 3. The van der Waals surface area contributed by atoms with Crippen LogP contribution in [0.1, 0.15) is 15.9 Å². The third-order valence-corrected chi connectivity index (χ3v) is 3.53. The normalized spacial score (nSPS) is 11.0. The number of hydrogen-bond acceptors (Lipinski definition) is 5. The van der Waals surface area contributed by atoms with Gasteiger partial charge in [0.15, 0.2) is 0 Å². The number of hydrogen-bond donors (Lipinski definition) is 4. The first kappa shape index (κ1) is 15.4. The number of hydrazone groups is 1. The number of carbonyl (C=O) groups excluding carboxylic acids is 1. The van der Waals surface area contributed by atoms with Gasteiger partial charge in [-0.2, -0.15) is 5.10 Å². The molecule has 6 nitrogen and oxygen atoms in total. The van der Waals surface area contributed by atoms with Crippen molar-refractivity contribution in [1.29, 1.82) is 0 Å². The van der Waals surface area contributed by atoms with Crippen LogP contribution in [0, 0.1) is 0 Å². The molecule has 0 fully saturated rings. The molecule has 3 rings (SSSR count). The van der Waals surface area contributed by atoms with Crippen molar-refractivity contribution < 1.29 is 20.1 Å². The molecule has 0 spiro atoms. The maximum atomic E-state index is 12.0. The van der Waals surface area contributed by atoms with Crippen molar-refractivity contribution in [2.75, 3.05) is 0 Å². The van der Waals surface area contributed by atoms with Crippen LogP contribution in [0.15, 0.2) is 59.7 Å². The highest BCUT2D eigenvalue weighted by atomic mass is 16.3. The molecule has 4 N–H and O–H groups in total. The Hall–Kier alpha value is -3.54. The molecule has 0 radical (unpaired) electrons. The molecule has 6 heteroatoms. The fourth-order valence-corrected chi connectivity index (χ4v) is 2.35. The first-order valence-electron chi connectivity index (χ1n) is 7.12. The summed E-state index contributed by atoms with van der Waals surface area (Å²) in [5.74, 6) is -1.09. The first-order chi connectivity index (χ1) is 11.6. The van der Waals surface area contributed by atoms with Gasteiger partial charge in [-0.05, 0) is 29.0 Å². The smallest absolute Gasteiger partial charge is 0.275 e. The van der Waals surface area contributed by atoms with E-state index in [1.54, 1.807) is 12.1 Å². The van der Waals surface area contributed by atoms with Gasteiger partial charge in [0.2, 0.25) is 0 Å². The molecule has 0 atom stereocenters. The predicted molar refractivity (Wildman–Crippen MR) is 90.4 cm³/mol. The van der Waals surface area contributed by atoms with Gasteiger partial charge in [0.1, 0.15) is 17.2 Å². The Balaban J connectivity index is 1.84. The molecule has 0 heterocycles. The highest BCUT2D eigenvalue weighted by Crippen LogP contribution is 2.25. The van der Waals surface area contributed by atoms with Gasteiger partial charge in [-0.1, -0.05) is 30.3 Å². The van der Waals surface area contributed by atoms with Crippen LogP contribution in [0.3, 0.4) is 0 Å². The number of phenols is 3. The van der Waals surface area contributed by atoms with Crippen LogP contribution in [0.25, 0.3) is 10.8 Å². The zero-order valence-corrected chi connectivity index (χ0v) is 12.5. The average molecular weight is 322 g/mol. The van der Waals surface area contributed by atoms with Gasteiger partial charge < -0.3 is 15.3 Å². The summed E-state index contributed by atoms with van der Waals surface area (Å²) in [5.41, 5.74) is 2.73. The summed E-state index contributed by atoms with van der Waals surface area (Å²) in [7, 11) is 0. The maximum absolute atomic E-state index is 12.0. The minimum Gasteiger partial charge on any atom is -0.508 e. The highest BCUT2D eigenvalue weighted by molar-refractivity contribution is 6.03. The van der Waals surface area contributed by atoms with Gasteiger partial charge >= 0.3 is 0 Å². The van der Waals surface area contributed by atoms with E-state index in [9.17, 15) is 20.1 Å². The van der Waals surface area contributed by atoms with Gasteiger partial charge in [-0.15, -0.1) is 0 Å². The minimum absolute atomic E-state index is 0.0212. The Morgan fingerprint density at radius 1 is 0.958 bits per heavy atom. The summed E-state index contributed by atoms with van der Waals surface area (Å²) in [4.78, 5) is 12.0. The maximum Gasteiger partial charge on any atom is 0.275 e. The van der Waals surface area contributed by atoms with Crippen LogP contribution in [-0.2, 0) is 0 Å². The van der Waals surface area contributed by atoms with Gasteiger partial charge in [0.25, 0.3) is 5.91 Å². The third-order valence-electron chi connectivity index (χ3n) is 3.53. The summed E-state index contributed by atoms with van der Waals surface area (Å²) in [6, 6.07) is 14.4. The van der Waals surface area contributed by atoms with E-state index < -0.39 is 5.91 Å². The van der Waals surface area contributed by atoms with Gasteiger partial charge in [0.05, 0.1) is 11.8 Å². The van der Waals surface area contributed by atoms with Crippen LogP contribution in [-0.4, -0.2) is 27.4 Å². The van der Waals surface area contributed by atoms with E-state index in [4.69, 9.17) is 0 Å². The standard InChI is InChI=1S/C18H14N2O4/c21-12-6-7-14(17(23)9-12)18(24)20-19-10-15-13-4-2-1-3-11(13)5-8-16(15)22/h1-10,21-23H,(H,20,24). The van der Waals surface area contributed by atoms with Crippen molar-refractivity contribution in [3.05, 3.63) is 65.7 Å². The fraction of sp³-hybridized carbons (Fsp3) is 0. The summed E-state index contributed by atoms with van der Waals surface area (Å²) >= 11 is 0. The molecule has 3 aromatic rings. The minimum atomic E-state index is -0.636. The highest BCUT2D eigenvalue weighted by Gasteiger charge is 2.11. The Morgan fingerprint density at radius 2 is 1.75 bits per heavy atom. The summed E-state index contributed by atoms with van der Waals surface area (Å²) in [6.07, 6.45) is 1.34. The lowest BCUT2D eigenvalue weighted by molar-refractivity contribution is 0.0952. The molecule has 0 bridgehead atoms. The Kier molecular flexibility index (Phi) is 4.03. The number of aromatic hydroxyl groups is 3. The van der Waals surface area contributed by atoms with Crippen molar-refractivity contribution in [3.8, 4) is 17.2 Å². The molecular weight excluding hydrogens is 308 g/mol. The van der Waals surface area contributed by atoms with Gasteiger partial charge in [-0.3, -0.25) is 4.79 Å². The van der Waals surface area contributed by atoms with Crippen molar-refractivity contribution in [3.63, 3.8) is 0 Å². The SMILES string of the molecule is O=C(NN=Cc1c(O)ccc2ccccc12)c1ccc(O)cc1O. The van der Waals surface area contributed by atoms with Crippen LogP contribution >= 0.6 is 0 Å². The number of fused-ring (bicyclic) bond motifs is 1. The topological polar surface area (TPSA) is 102 Å². The largest absolute Gasteiger partial charge is 0.508 e. The Labute approximate surface area is 137 Å². The molecule has 120 valence electrons. The molecule has 1 amide bonds. The zero-order valence-electron chi connectivity index (χ0n) is 12.5. The van der Waals surface area contributed by atoms with E-state index in [1.165, 1.54) is 18.3 Å². The number of nitrogens with one attached hydrogen (secondary N) is 1. The summed E-state index contributed by atoms with van der Waals surface area (Å²) in [6.45, 7) is 0. The van der Waals surface area contributed by atoms with Gasteiger partial charge in [0, 0.05) is 11.6 Å². The van der Waals surface area contributed by atoms with E-state index >= 15 is 0 Å². The summed E-state index contributed by atoms with van der Waals surface area (Å²) < 4.78 is 0. The summed E-state index contributed by atoms with van der Waals surface area (Å²) in [5, 5.41) is 34.4. The van der Waals surface area contributed by atoms with E-state index in [2.05, 4.69) is 10.5 Å². The molecule has 3 aromatic carbocycles. The molecule has 0 saturated carbocycles. The second-order valence-electron chi connectivity index (χ2n) is 5.12. The molecule has 0 saturated heterocycles. The van der Waals surface area contributed by atoms with Crippen molar-refractivity contribution in [1.82, 2.24) is 5.43 Å². The average Bonchev–Trinajstić information content (AvgIpc) is 2.56. The molecule has 0 aliphatic carbocycles. The second-order valence-corrected chi connectivity index (χ2v) is 5.12. The molecule has 24 heavy (non-hydrogen) atoms. The zero-order chi connectivity index (χ0) is 17.1. The quantitative estimate of drug-likeness (QED) is 0.440. The molecular formula is C18H14N2O4. The monoisotopic (exact) mass is 322 g/mol. The van der Waals surface area contributed by atoms with Gasteiger partial charge in [-0.25, -0.2) is 5.43 Å². The van der Waals surface area contributed by atoms with E-state index in [0.29, 0.717) is 5.56 Å². The number of nitrogens with zero attached hydrogens (tertiary/aromatic N) is 1. The lowest BCUT2D eigenvalue weighted by atomic mass is 10.0. The predicted octanol–water partition coefficient (Wildman–Crippen LogP) is 2.72. The van der Waals surface area contributed by atoms with Crippen LogP contribution in [0.2, 0.25) is 0 Å².